The van der Waals surface area contributed by atoms with Gasteiger partial charge in [-0.3, -0.25) is 19.2 Å². The Balaban J connectivity index is 0.000000108. The molecule has 0 bridgehead atoms. The van der Waals surface area contributed by atoms with Gasteiger partial charge in [-0.1, -0.05) is 161 Å². The highest BCUT2D eigenvalue weighted by Crippen LogP contribution is 2.50. The van der Waals surface area contributed by atoms with Gasteiger partial charge in [-0.05, 0) is 178 Å². The molecule has 3 aliphatic carbocycles. The molecule has 80 heavy (non-hydrogen) atoms. The molecule has 3 unspecified atom stereocenters. The number of halogens is 4. The fraction of sp³-hybridized carbons (Fsp3) is 0.185. The number of nitrogens with two attached hydrogens (primary N) is 1. The van der Waals surface area contributed by atoms with Crippen LogP contribution in [0.1, 0.15) is 77.1 Å². The second-order valence-corrected chi connectivity index (χ2v) is 24.1. The number of hydrogen-bond acceptors (Lipinski definition) is 6. The lowest BCUT2D eigenvalue weighted by Crippen LogP contribution is -2.35. The normalized spacial score (nSPS) is 20.1. The van der Waals surface area contributed by atoms with Crippen LogP contribution in [0.15, 0.2) is 179 Å². The molecule has 15 rings (SSSR count). The van der Waals surface area contributed by atoms with E-state index < -0.39 is 16.8 Å². The number of rotatable bonds is 3. The van der Waals surface area contributed by atoms with Gasteiger partial charge in [0.05, 0.1) is 28.2 Å². The van der Waals surface area contributed by atoms with Gasteiger partial charge in [-0.2, -0.15) is 0 Å². The van der Waals surface area contributed by atoms with E-state index in [0.29, 0.717) is 19.3 Å². The summed E-state index contributed by atoms with van der Waals surface area (Å²) in [6.07, 6.45) is 4.85. The lowest BCUT2D eigenvalue weighted by molar-refractivity contribution is -0.121. The van der Waals surface area contributed by atoms with E-state index in [-0.39, 0.29) is 34.6 Å². The smallest absolute Gasteiger partial charge is 0.335 e. The molecular formula is C65H53Br4N5O6. The number of aromatic carboxylic acids is 1. The number of alkyl halides is 2. The molecule has 0 saturated heterocycles. The molecule has 7 aliphatic rings. The van der Waals surface area contributed by atoms with Crippen LogP contribution in [0.2, 0.25) is 0 Å². The summed E-state index contributed by atoms with van der Waals surface area (Å²) in [7, 11) is 0. The van der Waals surface area contributed by atoms with Crippen LogP contribution in [-0.2, 0) is 91.0 Å². The highest BCUT2D eigenvalue weighted by atomic mass is 79.9. The van der Waals surface area contributed by atoms with Gasteiger partial charge in [0.1, 0.15) is 0 Å². The van der Waals surface area contributed by atoms with Crippen LogP contribution < -0.4 is 27.0 Å². The average Bonchev–Trinajstić information content (AvgIpc) is 4.34. The molecule has 402 valence electrons. The van der Waals surface area contributed by atoms with Crippen LogP contribution >= 0.6 is 63.7 Å². The van der Waals surface area contributed by atoms with E-state index in [1.807, 2.05) is 109 Å². The molecule has 4 amide bonds. The Kier molecular flexibility index (Phi) is 15.3. The number of carboxylic acid groups (broad SMARTS) is 1. The quantitative estimate of drug-likeness (QED) is 0.0752. The maximum atomic E-state index is 12.5. The molecule has 4 aliphatic heterocycles. The van der Waals surface area contributed by atoms with Crippen LogP contribution in [-0.4, -0.2) is 34.7 Å². The number of nitrogens with one attached hydrogen (secondary N) is 4. The Bertz CT molecular complexity index is 3700. The first kappa shape index (κ1) is 54.8. The summed E-state index contributed by atoms with van der Waals surface area (Å²) in [5, 5.41) is 22.7. The molecule has 7 N–H and O–H groups in total. The summed E-state index contributed by atoms with van der Waals surface area (Å²) in [5.41, 5.74) is 23.3. The summed E-state index contributed by atoms with van der Waals surface area (Å²) < 4.78 is 2.21. The lowest BCUT2D eigenvalue weighted by Gasteiger charge is -2.20. The van der Waals surface area contributed by atoms with Gasteiger partial charge in [0.25, 0.3) is 0 Å². The summed E-state index contributed by atoms with van der Waals surface area (Å²) >= 11 is 13.8. The number of anilines is 5. The summed E-state index contributed by atoms with van der Waals surface area (Å²) in [4.78, 5) is 59.4. The zero-order valence-electron chi connectivity index (χ0n) is 43.1. The van der Waals surface area contributed by atoms with Gasteiger partial charge in [-0.25, -0.2) is 4.79 Å². The summed E-state index contributed by atoms with van der Waals surface area (Å²) in [5.74, 6) is -0.572. The highest BCUT2D eigenvalue weighted by Gasteiger charge is 2.52. The Morgan fingerprint density at radius 1 is 0.438 bits per heavy atom. The fourth-order valence-corrected chi connectivity index (χ4v) is 14.2. The molecule has 8 aromatic carbocycles. The van der Waals surface area contributed by atoms with Crippen molar-refractivity contribution in [2.75, 3.05) is 27.0 Å². The van der Waals surface area contributed by atoms with Gasteiger partial charge in [-0.15, -0.1) is 0 Å². The molecule has 11 nitrogen and oxygen atoms in total. The third-order valence-corrected chi connectivity index (χ3v) is 18.5. The van der Waals surface area contributed by atoms with E-state index in [0.717, 1.165) is 107 Å². The Morgan fingerprint density at radius 2 is 0.850 bits per heavy atom. The van der Waals surface area contributed by atoms with Crippen molar-refractivity contribution in [3.63, 3.8) is 0 Å². The Morgan fingerprint density at radius 3 is 1.35 bits per heavy atom. The van der Waals surface area contributed by atoms with Crippen LogP contribution in [0.25, 0.3) is 0 Å². The number of fused-ring (bicyclic) bond motifs is 10. The first-order valence-corrected chi connectivity index (χ1v) is 29.9. The van der Waals surface area contributed by atoms with Crippen molar-refractivity contribution in [2.24, 2.45) is 0 Å². The fourth-order valence-electron chi connectivity index (χ4n) is 12.3. The first-order chi connectivity index (χ1) is 38.6. The maximum Gasteiger partial charge on any atom is 0.335 e. The SMILES string of the molecule is BrCc1ccc(Br)cc1CBr.Nc1ccc2c(c1)CC1(C2)C(=O)Nc2ccccc21.O=C(O)c1ccc2c(c1)CC1(C2)C(=O)Nc2ccccc21.O=C1Cc2ccccc2N1.O=C1Nc2ccccc2C12Cc1ccc(Br)cc1C2. The second-order valence-electron chi connectivity index (χ2n) is 21.1. The second kappa shape index (κ2) is 22.4. The molecule has 0 saturated carbocycles. The Hall–Kier alpha value is -7.17. The third kappa shape index (κ3) is 10.3. The largest absolute Gasteiger partial charge is 0.478 e. The molecule has 3 spiro atoms. The van der Waals surface area contributed by atoms with Crippen LogP contribution in [0.5, 0.6) is 0 Å². The number of amides is 4. The monoisotopic (exact) mass is 1320 g/mol. The lowest BCUT2D eigenvalue weighted by atomic mass is 9.79. The van der Waals surface area contributed by atoms with Gasteiger partial charge in [0.15, 0.2) is 0 Å². The molecule has 3 atom stereocenters. The number of benzene rings is 8. The van der Waals surface area contributed by atoms with E-state index in [4.69, 9.17) is 10.8 Å². The molecule has 0 aromatic heterocycles. The van der Waals surface area contributed by atoms with Gasteiger partial charge < -0.3 is 32.1 Å². The minimum absolute atomic E-state index is 0.0109. The van der Waals surface area contributed by atoms with Crippen molar-refractivity contribution in [3.8, 4) is 0 Å². The minimum Gasteiger partial charge on any atom is -0.478 e. The zero-order valence-corrected chi connectivity index (χ0v) is 49.5. The number of nitrogen functional groups attached to an aromatic ring is 1. The number of carbonyl (C=O) groups excluding carboxylic acids is 4. The van der Waals surface area contributed by atoms with Crippen LogP contribution in [0, 0.1) is 0 Å². The number of carboxylic acids is 1. The van der Waals surface area contributed by atoms with E-state index in [1.54, 1.807) is 12.1 Å². The van der Waals surface area contributed by atoms with E-state index in [9.17, 15) is 24.0 Å². The Labute approximate surface area is 497 Å². The van der Waals surface area contributed by atoms with E-state index >= 15 is 0 Å². The number of carbonyl (C=O) groups is 5. The maximum absolute atomic E-state index is 12.5. The van der Waals surface area contributed by atoms with E-state index in [1.165, 1.54) is 33.4 Å². The van der Waals surface area contributed by atoms with Gasteiger partial charge >= 0.3 is 5.97 Å². The van der Waals surface area contributed by atoms with Crippen molar-refractivity contribution in [1.29, 1.82) is 0 Å². The standard InChI is InChI=1S/C17H13NO3.C16H12BrNO.C16H14N2O.C8H7Br3.C8H7NO/c19-15(20)10-5-6-11-8-17(9-12(11)7-10)13-3-1-2-4-14(13)18-16(17)21;2*17-12-6-5-10-8-16(9-11(10)7-12)13-3-1-2-4-14(13)18-15(16)19;9-4-6-1-2-8(11)3-7(6)5-10;10-8-5-6-3-1-2-4-7(6)9-8/h1-7H,8-9H2,(H,18,21)(H,19,20);1-7H,8-9H2,(H,18,19);1-7H,8-9,17H2,(H,18,19);1-3H,4-5H2;1-4H,5H2,(H,9,10). The molecule has 0 fully saturated rings. The van der Waals surface area contributed by atoms with Gasteiger partial charge in [0, 0.05) is 48.0 Å². The summed E-state index contributed by atoms with van der Waals surface area (Å²) in [6.45, 7) is 0. The van der Waals surface area contributed by atoms with Crippen molar-refractivity contribution in [2.45, 2.75) is 71.9 Å². The third-order valence-electron chi connectivity index (χ3n) is 16.3. The molecule has 15 heteroatoms. The summed E-state index contributed by atoms with van der Waals surface area (Å²) in [6, 6.07) is 55.2. The van der Waals surface area contributed by atoms with Crippen LogP contribution in [0.3, 0.4) is 0 Å². The molecule has 4 heterocycles. The van der Waals surface area contributed by atoms with Crippen molar-refractivity contribution in [1.82, 2.24) is 0 Å². The highest BCUT2D eigenvalue weighted by molar-refractivity contribution is 9.11. The first-order valence-electron chi connectivity index (χ1n) is 26.1. The topological polar surface area (TPSA) is 180 Å². The minimum atomic E-state index is -0.935. The zero-order chi connectivity index (χ0) is 55.9. The van der Waals surface area contributed by atoms with Crippen LogP contribution in [0.4, 0.5) is 28.4 Å². The van der Waals surface area contributed by atoms with Crippen molar-refractivity contribution < 1.29 is 29.1 Å². The predicted octanol–water partition coefficient (Wildman–Crippen LogP) is 13.5. The molecular weight excluding hydrogens is 1270 g/mol. The number of para-hydroxylation sites is 4. The van der Waals surface area contributed by atoms with Crippen molar-refractivity contribution >= 4 is 122 Å². The van der Waals surface area contributed by atoms with Gasteiger partial charge in [0.2, 0.25) is 23.6 Å². The van der Waals surface area contributed by atoms with E-state index in [2.05, 4.69) is 134 Å². The molecule has 8 aromatic rings. The van der Waals surface area contributed by atoms with Crippen molar-refractivity contribution in [3.05, 3.63) is 251 Å². The predicted molar refractivity (Wildman–Crippen MR) is 329 cm³/mol. The molecule has 0 radical (unpaired) electrons. The average molecular weight is 1320 g/mol. The number of hydrogen-bond donors (Lipinski definition) is 6.